The molecule has 0 saturated heterocycles. The van der Waals surface area contributed by atoms with E-state index in [2.05, 4.69) is 15.3 Å². The van der Waals surface area contributed by atoms with E-state index in [1.807, 2.05) is 48.5 Å². The van der Waals surface area contributed by atoms with Crippen molar-refractivity contribution in [1.82, 2.24) is 9.97 Å². The number of amides is 1. The lowest BCUT2D eigenvalue weighted by atomic mass is 10.1. The highest BCUT2D eigenvalue weighted by Crippen LogP contribution is 2.22. The number of hydrogen-bond acceptors (Lipinski definition) is 4. The summed E-state index contributed by atoms with van der Waals surface area (Å²) in [6.45, 7) is 3.30. The Morgan fingerprint density at radius 3 is 2.29 bits per heavy atom. The van der Waals surface area contributed by atoms with Crippen LogP contribution in [0.15, 0.2) is 77.7 Å². The van der Waals surface area contributed by atoms with E-state index < -0.39 is 15.1 Å². The Morgan fingerprint density at radius 1 is 0.968 bits per heavy atom. The third kappa shape index (κ3) is 4.51. The molecule has 2 N–H and O–H groups in total. The summed E-state index contributed by atoms with van der Waals surface area (Å²) in [5, 5.41) is 2.39. The van der Waals surface area contributed by atoms with Crippen LogP contribution < -0.4 is 5.32 Å². The maximum absolute atomic E-state index is 12.4. The minimum absolute atomic E-state index is 0.160. The van der Waals surface area contributed by atoms with Gasteiger partial charge in [0, 0.05) is 11.3 Å². The molecule has 0 saturated carbocycles. The molecular weight excluding hydrogens is 410 g/mol. The average Bonchev–Trinajstić information content (AvgIpc) is 3.19. The van der Waals surface area contributed by atoms with Crippen molar-refractivity contribution in [3.8, 4) is 11.4 Å². The van der Waals surface area contributed by atoms with Gasteiger partial charge in [0.1, 0.15) is 5.82 Å². The molecule has 0 bridgehead atoms. The molecule has 158 valence electrons. The van der Waals surface area contributed by atoms with Crippen molar-refractivity contribution in [2.45, 2.75) is 30.4 Å². The summed E-state index contributed by atoms with van der Waals surface area (Å²) < 4.78 is 24.4. The van der Waals surface area contributed by atoms with Crippen LogP contribution in [0.3, 0.4) is 0 Å². The van der Waals surface area contributed by atoms with Crippen LogP contribution in [0.2, 0.25) is 0 Å². The van der Waals surface area contributed by atoms with Gasteiger partial charge >= 0.3 is 0 Å². The standard InChI is InChI=1S/C24H23N3O3S/c1-16(2)31(29,30)20-13-7-17(8-14-20)15-23(28)25-19-11-9-18(10-12-19)24-26-21-5-3-4-6-22(21)27-24/h3-14,16H,15H2,1-2H3,(H,25,28)(H,26,27). The van der Waals surface area contributed by atoms with Gasteiger partial charge < -0.3 is 10.3 Å². The number of benzene rings is 3. The van der Waals surface area contributed by atoms with Crippen molar-refractivity contribution in [2.75, 3.05) is 5.32 Å². The van der Waals surface area contributed by atoms with Crippen LogP contribution in [0, 0.1) is 0 Å². The first-order valence-electron chi connectivity index (χ1n) is 10.0. The molecule has 1 aromatic heterocycles. The quantitative estimate of drug-likeness (QED) is 0.465. The van der Waals surface area contributed by atoms with Gasteiger partial charge in [0.05, 0.1) is 27.6 Å². The number of para-hydroxylation sites is 2. The number of rotatable bonds is 6. The molecule has 0 aliphatic heterocycles. The smallest absolute Gasteiger partial charge is 0.228 e. The van der Waals surface area contributed by atoms with E-state index in [9.17, 15) is 13.2 Å². The van der Waals surface area contributed by atoms with Crippen LogP contribution >= 0.6 is 0 Å². The van der Waals surface area contributed by atoms with Gasteiger partial charge in [0.25, 0.3) is 0 Å². The Hall–Kier alpha value is -3.45. The number of carbonyl (C=O) groups is 1. The van der Waals surface area contributed by atoms with Gasteiger partial charge in [-0.1, -0.05) is 24.3 Å². The summed E-state index contributed by atoms with van der Waals surface area (Å²) in [6.07, 6.45) is 0.160. The molecule has 0 atom stereocenters. The van der Waals surface area contributed by atoms with E-state index in [-0.39, 0.29) is 17.2 Å². The molecule has 0 unspecified atom stereocenters. The molecular formula is C24H23N3O3S. The largest absolute Gasteiger partial charge is 0.338 e. The number of sulfone groups is 1. The van der Waals surface area contributed by atoms with E-state index >= 15 is 0 Å². The van der Waals surface area contributed by atoms with Crippen molar-refractivity contribution in [3.05, 3.63) is 78.4 Å². The second-order valence-corrected chi connectivity index (χ2v) is 10.1. The number of carbonyl (C=O) groups excluding carboxylic acids is 1. The fourth-order valence-electron chi connectivity index (χ4n) is 3.26. The normalized spacial score (nSPS) is 11.7. The summed E-state index contributed by atoms with van der Waals surface area (Å²) in [5.41, 5.74) is 4.24. The van der Waals surface area contributed by atoms with Gasteiger partial charge in [-0.15, -0.1) is 0 Å². The van der Waals surface area contributed by atoms with Crippen LogP contribution in [0.25, 0.3) is 22.4 Å². The minimum atomic E-state index is -3.31. The van der Waals surface area contributed by atoms with Crippen LogP contribution in [0.4, 0.5) is 5.69 Å². The van der Waals surface area contributed by atoms with E-state index in [4.69, 9.17) is 0 Å². The number of nitrogens with one attached hydrogen (secondary N) is 2. The number of fused-ring (bicyclic) bond motifs is 1. The lowest BCUT2D eigenvalue weighted by Gasteiger charge is -2.09. The maximum Gasteiger partial charge on any atom is 0.228 e. The van der Waals surface area contributed by atoms with E-state index in [0.717, 1.165) is 28.0 Å². The first kappa shape index (κ1) is 20.8. The van der Waals surface area contributed by atoms with E-state index in [1.165, 1.54) is 0 Å². The lowest BCUT2D eigenvalue weighted by Crippen LogP contribution is -2.15. The average molecular weight is 434 g/mol. The van der Waals surface area contributed by atoms with Crippen LogP contribution in [-0.4, -0.2) is 29.5 Å². The third-order valence-electron chi connectivity index (χ3n) is 5.07. The molecule has 1 amide bonds. The Kier molecular flexibility index (Phi) is 5.61. The second kappa shape index (κ2) is 8.35. The molecule has 6 nitrogen and oxygen atoms in total. The van der Waals surface area contributed by atoms with E-state index in [0.29, 0.717) is 5.69 Å². The van der Waals surface area contributed by atoms with Crippen molar-refractivity contribution in [2.24, 2.45) is 0 Å². The lowest BCUT2D eigenvalue weighted by molar-refractivity contribution is -0.115. The minimum Gasteiger partial charge on any atom is -0.338 e. The molecule has 3 aromatic carbocycles. The summed E-state index contributed by atoms with van der Waals surface area (Å²) >= 11 is 0. The number of nitrogens with zero attached hydrogens (tertiary/aromatic N) is 1. The first-order chi connectivity index (χ1) is 14.8. The highest BCUT2D eigenvalue weighted by atomic mass is 32.2. The number of aromatic amines is 1. The summed E-state index contributed by atoms with van der Waals surface area (Å²) in [5.74, 6) is 0.603. The fraction of sp³-hybridized carbons (Fsp3) is 0.167. The molecule has 0 aliphatic rings. The Morgan fingerprint density at radius 2 is 1.65 bits per heavy atom. The molecule has 0 spiro atoms. The molecule has 0 radical (unpaired) electrons. The third-order valence-corrected chi connectivity index (χ3v) is 7.24. The van der Waals surface area contributed by atoms with E-state index in [1.54, 1.807) is 38.1 Å². The number of anilines is 1. The van der Waals surface area contributed by atoms with Gasteiger partial charge in [-0.25, -0.2) is 13.4 Å². The number of aromatic nitrogens is 2. The van der Waals surface area contributed by atoms with Gasteiger partial charge in [-0.2, -0.15) is 0 Å². The van der Waals surface area contributed by atoms with Crippen molar-refractivity contribution >= 4 is 32.5 Å². The second-order valence-electron chi connectivity index (χ2n) is 7.64. The first-order valence-corrected chi connectivity index (χ1v) is 11.6. The zero-order valence-corrected chi connectivity index (χ0v) is 18.1. The van der Waals surface area contributed by atoms with Crippen molar-refractivity contribution < 1.29 is 13.2 Å². The Balaban J connectivity index is 1.41. The van der Waals surface area contributed by atoms with Gasteiger partial charge in [0.2, 0.25) is 5.91 Å². The van der Waals surface area contributed by atoms with Crippen LogP contribution in [-0.2, 0) is 21.1 Å². The molecule has 0 aliphatic carbocycles. The van der Waals surface area contributed by atoms with Crippen LogP contribution in [0.5, 0.6) is 0 Å². The Bertz CT molecular complexity index is 1290. The zero-order chi connectivity index (χ0) is 22.0. The molecule has 1 heterocycles. The highest BCUT2D eigenvalue weighted by Gasteiger charge is 2.18. The summed E-state index contributed by atoms with van der Waals surface area (Å²) in [6, 6.07) is 21.8. The summed E-state index contributed by atoms with van der Waals surface area (Å²) in [7, 11) is -3.31. The predicted molar refractivity (Wildman–Crippen MR) is 123 cm³/mol. The van der Waals surface area contributed by atoms with Crippen LogP contribution in [0.1, 0.15) is 19.4 Å². The number of imidazole rings is 1. The van der Waals surface area contributed by atoms with Gasteiger partial charge in [0.15, 0.2) is 9.84 Å². The summed E-state index contributed by atoms with van der Waals surface area (Å²) in [4.78, 5) is 20.5. The maximum atomic E-state index is 12.4. The molecule has 31 heavy (non-hydrogen) atoms. The number of H-pyrrole nitrogens is 1. The predicted octanol–water partition coefficient (Wildman–Crippen LogP) is 4.59. The Labute approximate surface area is 181 Å². The zero-order valence-electron chi connectivity index (χ0n) is 17.3. The molecule has 4 aromatic rings. The molecule has 4 rings (SSSR count). The van der Waals surface area contributed by atoms with Crippen molar-refractivity contribution in [1.29, 1.82) is 0 Å². The topological polar surface area (TPSA) is 91.9 Å². The fourth-order valence-corrected chi connectivity index (χ4v) is 4.32. The molecule has 7 heteroatoms. The SMILES string of the molecule is CC(C)S(=O)(=O)c1ccc(CC(=O)Nc2ccc(-c3nc4ccccc4[nH]3)cc2)cc1. The monoisotopic (exact) mass is 433 g/mol. The highest BCUT2D eigenvalue weighted by molar-refractivity contribution is 7.92. The van der Waals surface area contributed by atoms with Gasteiger partial charge in [-0.05, 0) is 67.9 Å². The molecule has 0 fully saturated rings. The van der Waals surface area contributed by atoms with Gasteiger partial charge in [-0.3, -0.25) is 4.79 Å². The number of hydrogen-bond donors (Lipinski definition) is 2. The van der Waals surface area contributed by atoms with Crippen molar-refractivity contribution in [3.63, 3.8) is 0 Å².